The molecule has 2 aliphatic rings. The van der Waals surface area contributed by atoms with E-state index in [2.05, 4.69) is 5.32 Å². The molecule has 0 aromatic carbocycles. The van der Waals surface area contributed by atoms with E-state index in [9.17, 15) is 18.9 Å². The summed E-state index contributed by atoms with van der Waals surface area (Å²) >= 11 is 5.92. The van der Waals surface area contributed by atoms with Crippen molar-refractivity contribution in [2.75, 3.05) is 18.4 Å². The summed E-state index contributed by atoms with van der Waals surface area (Å²) in [5.41, 5.74) is 0.277. The normalized spacial score (nSPS) is 30.2. The van der Waals surface area contributed by atoms with E-state index in [1.165, 1.54) is 22.9 Å². The first-order chi connectivity index (χ1) is 11.4. The third-order valence-corrected chi connectivity index (χ3v) is 4.97. The minimum Gasteiger partial charge on any atom is -0.319 e. The van der Waals surface area contributed by atoms with Crippen molar-refractivity contribution in [1.29, 1.82) is 0 Å². The molecule has 7 nitrogen and oxygen atoms in total. The van der Waals surface area contributed by atoms with Crippen molar-refractivity contribution >= 4 is 23.2 Å². The Balaban J connectivity index is 1.72. The minimum atomic E-state index is -1.25. The number of nitrogens with one attached hydrogen (secondary N) is 1. The van der Waals surface area contributed by atoms with Crippen LogP contribution in [-0.4, -0.2) is 57.0 Å². The number of carbonyl (C=O) groups is 1. The molecule has 1 amide bonds. The maximum Gasteiger partial charge on any atom is 0.299 e. The predicted octanol–water partition coefficient (Wildman–Crippen LogP) is 0.945. The molecule has 2 saturated heterocycles. The van der Waals surface area contributed by atoms with E-state index < -0.39 is 29.7 Å². The number of nitroso groups, excluding NO2 is 1. The summed E-state index contributed by atoms with van der Waals surface area (Å²) in [4.78, 5) is 38.1. The molecule has 3 heterocycles. The molecule has 1 aromatic rings. The Morgan fingerprint density at radius 3 is 2.92 bits per heavy atom. The van der Waals surface area contributed by atoms with Crippen molar-refractivity contribution < 1.29 is 13.9 Å². The van der Waals surface area contributed by atoms with Crippen LogP contribution in [0.25, 0.3) is 0 Å². The highest BCUT2D eigenvalue weighted by Crippen LogP contribution is 2.30. The molecular weight excluding hydrogens is 339 g/mol. The molecule has 0 radical (unpaired) electrons. The van der Waals surface area contributed by atoms with E-state index in [1.54, 1.807) is 4.90 Å². The van der Waals surface area contributed by atoms with Crippen molar-refractivity contribution in [3.8, 4) is 0 Å². The van der Waals surface area contributed by atoms with E-state index >= 15 is 0 Å². The van der Waals surface area contributed by atoms with Gasteiger partial charge in [-0.2, -0.15) is 0 Å². The van der Waals surface area contributed by atoms with Crippen LogP contribution in [0.2, 0.25) is 0 Å². The Hall–Kier alpha value is -1.80. The molecule has 0 spiro atoms. The number of nitrogens with zero attached hydrogens (tertiary/aromatic N) is 3. The largest absolute Gasteiger partial charge is 0.319 e. The van der Waals surface area contributed by atoms with Crippen molar-refractivity contribution in [1.82, 2.24) is 9.47 Å². The number of hydrogen-bond donors (Lipinski definition) is 1. The average Bonchev–Trinajstić information content (AvgIpc) is 2.86. The lowest BCUT2D eigenvalue weighted by Gasteiger charge is -2.28. The second kappa shape index (κ2) is 6.60. The van der Waals surface area contributed by atoms with Gasteiger partial charge >= 0.3 is 0 Å². The van der Waals surface area contributed by atoms with Crippen LogP contribution in [0.3, 0.4) is 0 Å². The molecule has 1 aromatic heterocycles. The Morgan fingerprint density at radius 1 is 1.46 bits per heavy atom. The highest BCUT2D eigenvalue weighted by atomic mass is 35.5. The molecule has 9 heteroatoms. The average molecular weight is 358 g/mol. The number of aryl methyl sites for hydroxylation is 1. The minimum absolute atomic E-state index is 0.00214. The smallest absolute Gasteiger partial charge is 0.299 e. The Bertz CT molecular complexity index is 725. The number of carbonyl (C=O) groups excluding carboxylic acids is 1. The molecule has 0 bridgehead atoms. The standard InChI is InChI=1S/C15H18ClFN4O3/c1-2-19-6-9(3-4-14(19)22)18-15(23)12-8-20-7-10(16)11(17)5-13(20)21(12)24/h3-4,6,10-13H,2,5,7-8H2,1H3/p+1. The van der Waals surface area contributed by atoms with Gasteiger partial charge in [0.25, 0.3) is 23.7 Å². The highest BCUT2D eigenvalue weighted by Gasteiger charge is 2.55. The van der Waals surface area contributed by atoms with Crippen LogP contribution in [0.5, 0.6) is 0 Å². The topological polar surface area (TPSA) is 74.4 Å². The van der Waals surface area contributed by atoms with Crippen LogP contribution in [0.15, 0.2) is 23.1 Å². The number of pyridine rings is 1. The molecule has 0 aliphatic carbocycles. The zero-order valence-electron chi connectivity index (χ0n) is 13.2. The van der Waals surface area contributed by atoms with Gasteiger partial charge in [-0.25, -0.2) is 9.29 Å². The second-order valence-corrected chi connectivity index (χ2v) is 6.67. The van der Waals surface area contributed by atoms with Crippen molar-refractivity contribution in [3.63, 3.8) is 0 Å². The fourth-order valence-corrected chi connectivity index (χ4v) is 3.49. The SMILES string of the molecule is CCn1cc(NC(=O)C2CN3CC(Cl)C(F)CC3[N+]2=O)ccc1=O. The molecule has 0 saturated carbocycles. The Morgan fingerprint density at radius 2 is 2.21 bits per heavy atom. The summed E-state index contributed by atoms with van der Waals surface area (Å²) < 4.78 is 15.8. The van der Waals surface area contributed by atoms with Crippen LogP contribution in [0.4, 0.5) is 10.1 Å². The van der Waals surface area contributed by atoms with Gasteiger partial charge in [-0.3, -0.25) is 9.59 Å². The highest BCUT2D eigenvalue weighted by molar-refractivity contribution is 6.21. The monoisotopic (exact) mass is 357 g/mol. The van der Waals surface area contributed by atoms with Crippen LogP contribution in [0, 0.1) is 4.91 Å². The Kier molecular flexibility index (Phi) is 4.69. The number of fused-ring (bicyclic) bond motifs is 1. The molecule has 1 N–H and O–H groups in total. The van der Waals surface area contributed by atoms with Gasteiger partial charge in [-0.05, 0) is 13.0 Å². The van der Waals surface area contributed by atoms with E-state index in [4.69, 9.17) is 11.6 Å². The maximum absolute atomic E-state index is 13.7. The number of alkyl halides is 2. The number of piperidine rings is 1. The fourth-order valence-electron chi connectivity index (χ4n) is 3.21. The molecular formula is C15H19ClFN4O3+. The van der Waals surface area contributed by atoms with Gasteiger partial charge in [0, 0.05) is 35.0 Å². The molecule has 3 rings (SSSR count). The van der Waals surface area contributed by atoms with Gasteiger partial charge in [0.2, 0.25) is 0 Å². The summed E-state index contributed by atoms with van der Waals surface area (Å²) in [6.45, 7) is 2.75. The summed E-state index contributed by atoms with van der Waals surface area (Å²) in [5, 5.41) is 1.99. The summed E-state index contributed by atoms with van der Waals surface area (Å²) in [5.74, 6) is -0.470. The number of aromatic nitrogens is 1. The van der Waals surface area contributed by atoms with Crippen LogP contribution < -0.4 is 10.9 Å². The lowest BCUT2D eigenvalue weighted by atomic mass is 10.1. The number of rotatable bonds is 3. The van der Waals surface area contributed by atoms with Crippen molar-refractivity contribution in [3.05, 3.63) is 33.6 Å². The lowest BCUT2D eigenvalue weighted by Crippen LogP contribution is -2.47. The molecule has 130 valence electrons. The first kappa shape index (κ1) is 17.0. The fraction of sp³-hybridized carbons (Fsp3) is 0.600. The van der Waals surface area contributed by atoms with E-state index in [0.29, 0.717) is 17.0 Å². The molecule has 24 heavy (non-hydrogen) atoms. The van der Waals surface area contributed by atoms with Gasteiger partial charge in [-0.1, -0.05) is 0 Å². The molecule has 4 atom stereocenters. The quantitative estimate of drug-likeness (QED) is 0.645. The maximum atomic E-state index is 13.7. The number of hydrogen-bond acceptors (Lipinski definition) is 4. The number of halogens is 2. The van der Waals surface area contributed by atoms with Crippen LogP contribution in [0.1, 0.15) is 13.3 Å². The first-order valence-electron chi connectivity index (χ1n) is 7.89. The second-order valence-electron chi connectivity index (χ2n) is 6.11. The third kappa shape index (κ3) is 3.08. The van der Waals surface area contributed by atoms with Crippen molar-refractivity contribution in [2.24, 2.45) is 0 Å². The van der Waals surface area contributed by atoms with Gasteiger partial charge < -0.3 is 9.88 Å². The number of amides is 1. The molecule has 4 unspecified atom stereocenters. The molecule has 2 aliphatic heterocycles. The Labute approximate surface area is 143 Å². The van der Waals surface area contributed by atoms with E-state index in [1.807, 2.05) is 6.92 Å². The predicted molar refractivity (Wildman–Crippen MR) is 86.9 cm³/mol. The number of anilines is 1. The summed E-state index contributed by atoms with van der Waals surface area (Å²) in [6.07, 6.45) is -0.374. The van der Waals surface area contributed by atoms with Gasteiger partial charge in [0.15, 0.2) is 0 Å². The first-order valence-corrected chi connectivity index (χ1v) is 8.33. The molecule has 2 fully saturated rings. The van der Waals surface area contributed by atoms with E-state index in [-0.39, 0.29) is 25.1 Å². The van der Waals surface area contributed by atoms with Gasteiger partial charge in [-0.15, -0.1) is 11.6 Å². The van der Waals surface area contributed by atoms with Gasteiger partial charge in [0.1, 0.15) is 6.17 Å². The van der Waals surface area contributed by atoms with Crippen molar-refractivity contribution in [2.45, 2.75) is 43.6 Å². The zero-order valence-corrected chi connectivity index (χ0v) is 13.9. The van der Waals surface area contributed by atoms with Crippen LogP contribution in [-0.2, 0) is 11.3 Å². The third-order valence-electron chi connectivity index (χ3n) is 4.56. The lowest BCUT2D eigenvalue weighted by molar-refractivity contribution is -0.599. The van der Waals surface area contributed by atoms with Crippen LogP contribution >= 0.6 is 11.6 Å². The zero-order chi connectivity index (χ0) is 17.4. The summed E-state index contributed by atoms with van der Waals surface area (Å²) in [7, 11) is 0. The summed E-state index contributed by atoms with van der Waals surface area (Å²) in [6, 6.07) is 1.93. The van der Waals surface area contributed by atoms with E-state index in [0.717, 1.165) is 0 Å². The van der Waals surface area contributed by atoms with Gasteiger partial charge in [0.05, 0.1) is 24.0 Å².